The van der Waals surface area contributed by atoms with Gasteiger partial charge in [-0.15, -0.1) is 0 Å². The minimum Gasteiger partial charge on any atom is -0.457 e. The number of hydrogen-bond acceptors (Lipinski definition) is 5. The third-order valence-corrected chi connectivity index (χ3v) is 5.12. The van der Waals surface area contributed by atoms with Crippen molar-refractivity contribution >= 4 is 17.7 Å². The summed E-state index contributed by atoms with van der Waals surface area (Å²) in [6.45, 7) is 4.44. The summed E-state index contributed by atoms with van der Waals surface area (Å²) in [7, 11) is 0. The van der Waals surface area contributed by atoms with Crippen LogP contribution in [0.5, 0.6) is 11.5 Å². The molecular weight excluding hydrogens is 382 g/mol. The first-order chi connectivity index (χ1) is 14.0. The van der Waals surface area contributed by atoms with Crippen LogP contribution in [-0.4, -0.2) is 22.1 Å². The van der Waals surface area contributed by atoms with E-state index in [1.807, 2.05) is 74.7 Å². The van der Waals surface area contributed by atoms with E-state index in [1.165, 1.54) is 11.8 Å². The summed E-state index contributed by atoms with van der Waals surface area (Å²) in [4.78, 5) is 21.2. The number of thioether (sulfide) groups is 1. The molecule has 1 amide bonds. The number of ether oxygens (including phenoxy) is 1. The standard InChI is InChI=1S/C23H25N3O2S/c1-16-21(17(2)26-23(25-16)29-3)13-14-22(27)24-15-18-9-11-20(12-10-18)28-19-7-5-4-6-8-19/h4-12H,13-15H2,1-3H3,(H,24,27). The maximum atomic E-state index is 12.3. The Hall–Kier alpha value is -2.86. The molecule has 0 aliphatic rings. The summed E-state index contributed by atoms with van der Waals surface area (Å²) >= 11 is 1.53. The van der Waals surface area contributed by atoms with Gasteiger partial charge in [-0.1, -0.05) is 42.1 Å². The van der Waals surface area contributed by atoms with E-state index in [4.69, 9.17) is 4.74 Å². The summed E-state index contributed by atoms with van der Waals surface area (Å²) in [5.74, 6) is 1.59. The Kier molecular flexibility index (Phi) is 7.25. The number of aryl methyl sites for hydroxylation is 2. The quantitative estimate of drug-likeness (QED) is 0.427. The predicted octanol–water partition coefficient (Wildman–Crippen LogP) is 4.86. The van der Waals surface area contributed by atoms with Crippen LogP contribution in [0.15, 0.2) is 59.8 Å². The number of nitrogens with one attached hydrogen (secondary N) is 1. The van der Waals surface area contributed by atoms with Gasteiger partial charge in [-0.2, -0.15) is 0 Å². The maximum absolute atomic E-state index is 12.3. The zero-order chi connectivity index (χ0) is 20.6. The molecule has 0 saturated heterocycles. The molecule has 1 heterocycles. The third-order valence-electron chi connectivity index (χ3n) is 4.58. The van der Waals surface area contributed by atoms with Gasteiger partial charge in [-0.05, 0) is 61.9 Å². The molecular formula is C23H25N3O2S. The molecule has 5 nitrogen and oxygen atoms in total. The van der Waals surface area contributed by atoms with Gasteiger partial charge >= 0.3 is 0 Å². The van der Waals surface area contributed by atoms with Crippen molar-refractivity contribution in [2.24, 2.45) is 0 Å². The molecule has 0 bridgehead atoms. The van der Waals surface area contributed by atoms with E-state index in [1.54, 1.807) is 0 Å². The van der Waals surface area contributed by atoms with Gasteiger partial charge in [0.2, 0.25) is 5.91 Å². The largest absolute Gasteiger partial charge is 0.457 e. The van der Waals surface area contributed by atoms with Crippen LogP contribution in [-0.2, 0) is 17.8 Å². The minimum atomic E-state index is 0.0161. The first-order valence-electron chi connectivity index (χ1n) is 9.52. The van der Waals surface area contributed by atoms with E-state index >= 15 is 0 Å². The van der Waals surface area contributed by atoms with Gasteiger partial charge in [0, 0.05) is 24.4 Å². The fourth-order valence-electron chi connectivity index (χ4n) is 2.99. The molecule has 0 aliphatic heterocycles. The first kappa shape index (κ1) is 20.9. The lowest BCUT2D eigenvalue weighted by molar-refractivity contribution is -0.121. The molecule has 29 heavy (non-hydrogen) atoms. The zero-order valence-corrected chi connectivity index (χ0v) is 17.8. The Morgan fingerprint density at radius 1 is 0.966 bits per heavy atom. The molecule has 1 N–H and O–H groups in total. The molecule has 150 valence electrons. The van der Waals surface area contributed by atoms with Gasteiger partial charge in [0.25, 0.3) is 0 Å². The van der Waals surface area contributed by atoms with E-state index in [9.17, 15) is 4.79 Å². The average Bonchev–Trinajstić information content (AvgIpc) is 2.73. The highest BCUT2D eigenvalue weighted by Gasteiger charge is 2.10. The number of carbonyl (C=O) groups excluding carboxylic acids is 1. The summed E-state index contributed by atoms with van der Waals surface area (Å²) in [6, 6.07) is 17.4. The highest BCUT2D eigenvalue weighted by molar-refractivity contribution is 7.98. The lowest BCUT2D eigenvalue weighted by Gasteiger charge is -2.11. The summed E-state index contributed by atoms with van der Waals surface area (Å²) in [5.41, 5.74) is 3.98. The normalized spacial score (nSPS) is 10.6. The van der Waals surface area contributed by atoms with E-state index in [-0.39, 0.29) is 5.91 Å². The van der Waals surface area contributed by atoms with Crippen LogP contribution >= 0.6 is 11.8 Å². The van der Waals surface area contributed by atoms with Gasteiger partial charge < -0.3 is 10.1 Å². The van der Waals surface area contributed by atoms with Gasteiger partial charge in [-0.25, -0.2) is 9.97 Å². The van der Waals surface area contributed by atoms with Crippen LogP contribution in [0.25, 0.3) is 0 Å². The highest BCUT2D eigenvalue weighted by Crippen LogP contribution is 2.21. The van der Waals surface area contributed by atoms with Crippen molar-refractivity contribution in [2.75, 3.05) is 6.26 Å². The summed E-state index contributed by atoms with van der Waals surface area (Å²) in [5, 5.41) is 3.75. The molecule has 3 rings (SSSR count). The van der Waals surface area contributed by atoms with Gasteiger partial charge in [-0.3, -0.25) is 4.79 Å². The lowest BCUT2D eigenvalue weighted by atomic mass is 10.1. The molecule has 3 aromatic rings. The molecule has 1 aromatic heterocycles. The van der Waals surface area contributed by atoms with Gasteiger partial charge in [0.05, 0.1) is 0 Å². The third kappa shape index (κ3) is 6.06. The van der Waals surface area contributed by atoms with Crippen LogP contribution in [0.4, 0.5) is 0 Å². The first-order valence-corrected chi connectivity index (χ1v) is 10.7. The Balaban J connectivity index is 1.48. The number of hydrogen-bond donors (Lipinski definition) is 1. The number of benzene rings is 2. The van der Waals surface area contributed by atoms with E-state index in [0.717, 1.165) is 39.2 Å². The van der Waals surface area contributed by atoms with Crippen molar-refractivity contribution in [3.63, 3.8) is 0 Å². The Morgan fingerprint density at radius 2 is 1.59 bits per heavy atom. The van der Waals surface area contributed by atoms with Crippen molar-refractivity contribution in [3.8, 4) is 11.5 Å². The molecule has 0 atom stereocenters. The number of aromatic nitrogens is 2. The molecule has 0 spiro atoms. The van der Waals surface area contributed by atoms with E-state index in [0.29, 0.717) is 19.4 Å². The molecule has 0 unspecified atom stereocenters. The number of carbonyl (C=O) groups is 1. The minimum absolute atomic E-state index is 0.0161. The van der Waals surface area contributed by atoms with Crippen molar-refractivity contribution in [1.82, 2.24) is 15.3 Å². The lowest BCUT2D eigenvalue weighted by Crippen LogP contribution is -2.23. The molecule has 0 radical (unpaired) electrons. The molecule has 6 heteroatoms. The van der Waals surface area contributed by atoms with Crippen LogP contribution in [0.3, 0.4) is 0 Å². The van der Waals surface area contributed by atoms with Crippen molar-refractivity contribution < 1.29 is 9.53 Å². The Labute approximate surface area is 175 Å². The highest BCUT2D eigenvalue weighted by atomic mass is 32.2. The Bertz CT molecular complexity index is 937. The van der Waals surface area contributed by atoms with Crippen molar-refractivity contribution in [3.05, 3.63) is 77.1 Å². The Morgan fingerprint density at radius 3 is 2.21 bits per heavy atom. The molecule has 0 saturated carbocycles. The number of amides is 1. The van der Waals surface area contributed by atoms with Crippen LogP contribution in [0, 0.1) is 13.8 Å². The number of para-hydroxylation sites is 1. The molecule has 2 aromatic carbocycles. The monoisotopic (exact) mass is 407 g/mol. The SMILES string of the molecule is CSc1nc(C)c(CCC(=O)NCc2ccc(Oc3ccccc3)cc2)c(C)n1. The fraction of sp³-hybridized carbons (Fsp3) is 0.261. The topological polar surface area (TPSA) is 64.1 Å². The zero-order valence-electron chi connectivity index (χ0n) is 16.9. The molecule has 0 fully saturated rings. The second-order valence-corrected chi connectivity index (χ2v) is 7.47. The van der Waals surface area contributed by atoms with Crippen molar-refractivity contribution in [1.29, 1.82) is 0 Å². The number of rotatable bonds is 8. The fourth-order valence-corrected chi connectivity index (χ4v) is 3.45. The second kappa shape index (κ2) is 10.1. The van der Waals surface area contributed by atoms with Crippen molar-refractivity contribution in [2.45, 2.75) is 38.4 Å². The number of nitrogens with zero attached hydrogens (tertiary/aromatic N) is 2. The predicted molar refractivity (Wildman–Crippen MR) is 116 cm³/mol. The summed E-state index contributed by atoms with van der Waals surface area (Å²) < 4.78 is 5.78. The van der Waals surface area contributed by atoms with Crippen LogP contribution in [0.2, 0.25) is 0 Å². The van der Waals surface area contributed by atoms with Gasteiger partial charge in [0.15, 0.2) is 5.16 Å². The van der Waals surface area contributed by atoms with E-state index in [2.05, 4.69) is 15.3 Å². The molecule has 0 aliphatic carbocycles. The smallest absolute Gasteiger partial charge is 0.220 e. The van der Waals surface area contributed by atoms with E-state index < -0.39 is 0 Å². The van der Waals surface area contributed by atoms with Gasteiger partial charge in [0.1, 0.15) is 11.5 Å². The van der Waals surface area contributed by atoms with Crippen LogP contribution < -0.4 is 10.1 Å². The average molecular weight is 408 g/mol. The van der Waals surface area contributed by atoms with Crippen LogP contribution in [0.1, 0.15) is 28.9 Å². The summed E-state index contributed by atoms with van der Waals surface area (Å²) in [6.07, 6.45) is 3.02. The maximum Gasteiger partial charge on any atom is 0.220 e. The second-order valence-electron chi connectivity index (χ2n) is 6.70.